The molecule has 1 saturated heterocycles. The second-order valence-corrected chi connectivity index (χ2v) is 7.29. The zero-order valence-electron chi connectivity index (χ0n) is 16.3. The summed E-state index contributed by atoms with van der Waals surface area (Å²) >= 11 is 0. The minimum Gasteiger partial charge on any atom is -0.338 e. The highest BCUT2D eigenvalue weighted by Gasteiger charge is 2.28. The molecule has 1 aliphatic rings. The lowest BCUT2D eigenvalue weighted by molar-refractivity contribution is 0.0709. The number of amides is 1. The Bertz CT molecular complexity index is 724. The molecule has 0 N–H and O–H groups in total. The van der Waals surface area contributed by atoms with Crippen LogP contribution >= 0.6 is 0 Å². The molecular weight excluding hydrogens is 326 g/mol. The number of aromatic nitrogens is 4. The van der Waals surface area contributed by atoms with E-state index in [1.54, 1.807) is 0 Å². The highest BCUT2D eigenvalue weighted by Crippen LogP contribution is 2.28. The summed E-state index contributed by atoms with van der Waals surface area (Å²) in [5, 5.41) is 4.47. The molecule has 1 amide bonds. The van der Waals surface area contributed by atoms with Crippen molar-refractivity contribution < 1.29 is 4.79 Å². The van der Waals surface area contributed by atoms with Crippen molar-refractivity contribution in [3.8, 4) is 0 Å². The number of unbranched alkanes of at least 4 members (excludes halogenated alkanes) is 1. The van der Waals surface area contributed by atoms with Gasteiger partial charge >= 0.3 is 0 Å². The SMILES string of the molecule is CCCCn1ccnc1C1CCN(C(=O)c2cn(CCC)nc2C)CC1. The number of piperidine rings is 1. The Morgan fingerprint density at radius 2 is 1.96 bits per heavy atom. The predicted molar refractivity (Wildman–Crippen MR) is 102 cm³/mol. The van der Waals surface area contributed by atoms with Crippen LogP contribution in [-0.2, 0) is 13.1 Å². The van der Waals surface area contributed by atoms with Crippen molar-refractivity contribution >= 4 is 5.91 Å². The number of imidazole rings is 1. The normalized spacial score (nSPS) is 15.6. The lowest BCUT2D eigenvalue weighted by Crippen LogP contribution is -2.38. The molecule has 3 rings (SSSR count). The van der Waals surface area contributed by atoms with E-state index in [9.17, 15) is 4.79 Å². The molecule has 0 radical (unpaired) electrons. The summed E-state index contributed by atoms with van der Waals surface area (Å²) in [5.41, 5.74) is 1.59. The summed E-state index contributed by atoms with van der Waals surface area (Å²) in [7, 11) is 0. The van der Waals surface area contributed by atoms with Gasteiger partial charge in [0.25, 0.3) is 5.91 Å². The zero-order chi connectivity index (χ0) is 18.5. The molecule has 0 saturated carbocycles. The number of carbonyl (C=O) groups is 1. The highest BCUT2D eigenvalue weighted by atomic mass is 16.2. The van der Waals surface area contributed by atoms with Crippen LogP contribution in [0.1, 0.15) is 73.7 Å². The molecule has 0 aromatic carbocycles. The maximum atomic E-state index is 12.9. The molecule has 6 nitrogen and oxygen atoms in total. The van der Waals surface area contributed by atoms with E-state index in [0.29, 0.717) is 5.92 Å². The topological polar surface area (TPSA) is 56.0 Å². The molecule has 0 bridgehead atoms. The van der Waals surface area contributed by atoms with Crippen LogP contribution in [0.4, 0.5) is 0 Å². The van der Waals surface area contributed by atoms with Gasteiger partial charge in [0.2, 0.25) is 0 Å². The van der Waals surface area contributed by atoms with Gasteiger partial charge in [-0.15, -0.1) is 0 Å². The Hall–Kier alpha value is -2.11. The third-order valence-electron chi connectivity index (χ3n) is 5.28. The van der Waals surface area contributed by atoms with Crippen LogP contribution < -0.4 is 0 Å². The molecule has 142 valence electrons. The maximum absolute atomic E-state index is 12.9. The van der Waals surface area contributed by atoms with Crippen molar-refractivity contribution in [3.05, 3.63) is 35.7 Å². The summed E-state index contributed by atoms with van der Waals surface area (Å²) < 4.78 is 4.18. The summed E-state index contributed by atoms with van der Waals surface area (Å²) in [6.07, 6.45) is 11.3. The number of carbonyl (C=O) groups excluding carboxylic acids is 1. The first-order chi connectivity index (χ1) is 12.6. The van der Waals surface area contributed by atoms with E-state index in [1.165, 1.54) is 18.7 Å². The Balaban J connectivity index is 1.61. The first-order valence-corrected chi connectivity index (χ1v) is 9.98. The quantitative estimate of drug-likeness (QED) is 0.760. The van der Waals surface area contributed by atoms with Gasteiger partial charge in [0.05, 0.1) is 11.3 Å². The lowest BCUT2D eigenvalue weighted by Gasteiger charge is -2.32. The van der Waals surface area contributed by atoms with Gasteiger partial charge in [-0.1, -0.05) is 20.3 Å². The molecule has 3 heterocycles. The first-order valence-electron chi connectivity index (χ1n) is 9.98. The molecule has 0 unspecified atom stereocenters. The van der Waals surface area contributed by atoms with Crippen LogP contribution in [0.3, 0.4) is 0 Å². The fourth-order valence-electron chi connectivity index (χ4n) is 3.78. The largest absolute Gasteiger partial charge is 0.338 e. The second kappa shape index (κ2) is 8.52. The van der Waals surface area contributed by atoms with Crippen molar-refractivity contribution in [2.24, 2.45) is 0 Å². The van der Waals surface area contributed by atoms with Crippen molar-refractivity contribution in [3.63, 3.8) is 0 Å². The van der Waals surface area contributed by atoms with Crippen LogP contribution in [0.5, 0.6) is 0 Å². The molecule has 0 spiro atoms. The Morgan fingerprint density at radius 3 is 2.65 bits per heavy atom. The number of aryl methyl sites for hydroxylation is 3. The summed E-state index contributed by atoms with van der Waals surface area (Å²) in [6.45, 7) is 9.75. The van der Waals surface area contributed by atoms with E-state index in [0.717, 1.165) is 56.7 Å². The van der Waals surface area contributed by atoms with Crippen molar-refractivity contribution in [2.45, 2.75) is 71.9 Å². The van der Waals surface area contributed by atoms with E-state index < -0.39 is 0 Å². The standard InChI is InChI=1S/C20H31N5O/c1-4-6-11-23-14-9-21-19(23)17-7-12-24(13-8-17)20(26)18-15-25(10-5-2)22-16(18)3/h9,14-15,17H,4-8,10-13H2,1-3H3. The van der Waals surface area contributed by atoms with Gasteiger partial charge in [-0.3, -0.25) is 9.48 Å². The average molecular weight is 358 g/mol. The third kappa shape index (κ3) is 4.00. The molecule has 1 fully saturated rings. The minimum atomic E-state index is 0.123. The van der Waals surface area contributed by atoms with E-state index in [-0.39, 0.29) is 5.91 Å². The third-order valence-corrected chi connectivity index (χ3v) is 5.28. The van der Waals surface area contributed by atoms with E-state index >= 15 is 0 Å². The zero-order valence-corrected chi connectivity index (χ0v) is 16.3. The fourth-order valence-corrected chi connectivity index (χ4v) is 3.78. The maximum Gasteiger partial charge on any atom is 0.257 e. The number of rotatable bonds is 7. The predicted octanol–water partition coefficient (Wildman–Crippen LogP) is 3.62. The van der Waals surface area contributed by atoms with Gasteiger partial charge in [-0.25, -0.2) is 4.98 Å². The smallest absolute Gasteiger partial charge is 0.257 e. The Labute approximate surface area is 156 Å². The van der Waals surface area contributed by atoms with Gasteiger partial charge in [0, 0.05) is 50.7 Å². The van der Waals surface area contributed by atoms with E-state index in [1.807, 2.05) is 28.9 Å². The van der Waals surface area contributed by atoms with Crippen molar-refractivity contribution in [1.29, 1.82) is 0 Å². The minimum absolute atomic E-state index is 0.123. The highest BCUT2D eigenvalue weighted by molar-refractivity contribution is 5.95. The number of nitrogens with zero attached hydrogens (tertiary/aromatic N) is 5. The molecule has 26 heavy (non-hydrogen) atoms. The van der Waals surface area contributed by atoms with Crippen LogP contribution in [-0.4, -0.2) is 43.2 Å². The average Bonchev–Trinajstić information content (AvgIpc) is 3.26. The summed E-state index contributed by atoms with van der Waals surface area (Å²) in [6, 6.07) is 0. The van der Waals surface area contributed by atoms with Gasteiger partial charge in [0.15, 0.2) is 0 Å². The van der Waals surface area contributed by atoms with E-state index in [4.69, 9.17) is 0 Å². The molecule has 6 heteroatoms. The van der Waals surface area contributed by atoms with Gasteiger partial charge in [0.1, 0.15) is 5.82 Å². The molecule has 0 aliphatic carbocycles. The number of likely N-dealkylation sites (tertiary alicyclic amines) is 1. The number of hydrogen-bond acceptors (Lipinski definition) is 3. The first kappa shape index (κ1) is 18.7. The molecule has 0 atom stereocenters. The Kier molecular flexibility index (Phi) is 6.12. The van der Waals surface area contributed by atoms with Crippen LogP contribution in [0.2, 0.25) is 0 Å². The molecule has 2 aromatic heterocycles. The van der Waals surface area contributed by atoms with Gasteiger partial charge in [-0.05, 0) is 32.6 Å². The van der Waals surface area contributed by atoms with E-state index in [2.05, 4.69) is 34.7 Å². The second-order valence-electron chi connectivity index (χ2n) is 7.29. The Morgan fingerprint density at radius 1 is 1.19 bits per heavy atom. The molecule has 1 aliphatic heterocycles. The van der Waals surface area contributed by atoms with Crippen LogP contribution in [0, 0.1) is 6.92 Å². The monoisotopic (exact) mass is 357 g/mol. The van der Waals surface area contributed by atoms with Gasteiger partial charge < -0.3 is 9.47 Å². The van der Waals surface area contributed by atoms with Gasteiger partial charge in [-0.2, -0.15) is 5.10 Å². The van der Waals surface area contributed by atoms with Crippen LogP contribution in [0.15, 0.2) is 18.6 Å². The molecular formula is C20H31N5O. The van der Waals surface area contributed by atoms with Crippen molar-refractivity contribution in [1.82, 2.24) is 24.2 Å². The van der Waals surface area contributed by atoms with Crippen LogP contribution in [0.25, 0.3) is 0 Å². The fraction of sp³-hybridized carbons (Fsp3) is 0.650. The van der Waals surface area contributed by atoms with Crippen molar-refractivity contribution in [2.75, 3.05) is 13.1 Å². The number of hydrogen-bond donors (Lipinski definition) is 0. The summed E-state index contributed by atoms with van der Waals surface area (Å²) in [4.78, 5) is 19.5. The molecule has 2 aromatic rings. The lowest BCUT2D eigenvalue weighted by atomic mass is 9.95. The summed E-state index contributed by atoms with van der Waals surface area (Å²) in [5.74, 6) is 1.77.